The van der Waals surface area contributed by atoms with Crippen LogP contribution < -0.4 is 10.1 Å². The zero-order chi connectivity index (χ0) is 23.0. The molecule has 4 rings (SSSR count). The number of carbonyl (C=O) groups excluding carboxylic acids is 2. The third kappa shape index (κ3) is 3.76. The molecule has 3 aromatic rings. The Morgan fingerprint density at radius 3 is 2.62 bits per heavy atom. The second kappa shape index (κ2) is 7.97. The van der Waals surface area contributed by atoms with Gasteiger partial charge in [0.15, 0.2) is 5.76 Å². The third-order valence-corrected chi connectivity index (χ3v) is 4.85. The Morgan fingerprint density at radius 1 is 1.19 bits per heavy atom. The minimum absolute atomic E-state index is 0.259. The number of aromatic nitrogens is 1. The Kier molecular flexibility index (Phi) is 5.31. The number of carbonyl (C=O) groups is 2. The topological polar surface area (TPSA) is 102 Å². The normalized spacial score (nSPS) is 16.3. The van der Waals surface area contributed by atoms with Crippen molar-refractivity contribution in [2.75, 3.05) is 7.11 Å². The standard InChI is InChI=1S/C22H15F3N2O5/c1-31-12-5-2-4-11(10-12)14-8-7-13-17(26-14)19(29)16(18(28)15-6-3-9-32-15)20(22(23,24)25)27-21(13)30/h2-10,19,29H,1H3,(H,27,30). The molecule has 1 amide bonds. The summed E-state index contributed by atoms with van der Waals surface area (Å²) in [6.45, 7) is 0. The molecule has 0 fully saturated rings. The predicted octanol–water partition coefficient (Wildman–Crippen LogP) is 3.83. The first-order valence-electron chi connectivity index (χ1n) is 9.25. The first-order chi connectivity index (χ1) is 15.2. The van der Waals surface area contributed by atoms with Gasteiger partial charge in [-0.3, -0.25) is 9.59 Å². The van der Waals surface area contributed by atoms with Crippen LogP contribution in [0.3, 0.4) is 0 Å². The van der Waals surface area contributed by atoms with Gasteiger partial charge in [0.05, 0.1) is 35.9 Å². The molecule has 164 valence electrons. The van der Waals surface area contributed by atoms with E-state index in [4.69, 9.17) is 9.15 Å². The van der Waals surface area contributed by atoms with Gasteiger partial charge in [-0.2, -0.15) is 13.2 Å². The largest absolute Gasteiger partial charge is 0.497 e. The number of Topliss-reactive ketones (excluding diaryl/α,β-unsaturated/α-hetero) is 1. The minimum atomic E-state index is -5.13. The fraction of sp³-hybridized carbons (Fsp3) is 0.136. The number of pyridine rings is 1. The molecular formula is C22H15F3N2O5. The van der Waals surface area contributed by atoms with Crippen molar-refractivity contribution in [2.45, 2.75) is 12.3 Å². The number of aliphatic hydroxyl groups is 1. The Morgan fingerprint density at radius 2 is 1.97 bits per heavy atom. The smallest absolute Gasteiger partial charge is 0.431 e. The van der Waals surface area contributed by atoms with Crippen LogP contribution in [0.15, 0.2) is 70.5 Å². The maximum atomic E-state index is 13.8. The lowest BCUT2D eigenvalue weighted by atomic mass is 9.96. The van der Waals surface area contributed by atoms with Crippen LogP contribution in [0.5, 0.6) is 5.75 Å². The summed E-state index contributed by atoms with van der Waals surface area (Å²) in [5, 5.41) is 12.6. The molecule has 1 unspecified atom stereocenters. The fourth-order valence-corrected chi connectivity index (χ4v) is 3.34. The van der Waals surface area contributed by atoms with Gasteiger partial charge in [-0.05, 0) is 36.4 Å². The van der Waals surface area contributed by atoms with Crippen molar-refractivity contribution in [1.29, 1.82) is 0 Å². The molecule has 0 radical (unpaired) electrons. The van der Waals surface area contributed by atoms with Crippen molar-refractivity contribution in [3.05, 3.63) is 83.1 Å². The third-order valence-electron chi connectivity index (χ3n) is 4.85. The van der Waals surface area contributed by atoms with E-state index in [-0.39, 0.29) is 11.3 Å². The number of methoxy groups -OCH3 is 1. The molecule has 32 heavy (non-hydrogen) atoms. The zero-order valence-corrected chi connectivity index (χ0v) is 16.4. The van der Waals surface area contributed by atoms with Gasteiger partial charge < -0.3 is 19.6 Å². The van der Waals surface area contributed by atoms with Gasteiger partial charge in [0.2, 0.25) is 5.78 Å². The molecule has 1 aromatic carbocycles. The lowest BCUT2D eigenvalue weighted by Gasteiger charge is -2.18. The van der Waals surface area contributed by atoms with Gasteiger partial charge in [-0.25, -0.2) is 4.98 Å². The number of nitrogens with one attached hydrogen (secondary N) is 1. The monoisotopic (exact) mass is 444 g/mol. The van der Waals surface area contributed by atoms with Crippen LogP contribution in [0, 0.1) is 0 Å². The van der Waals surface area contributed by atoms with Crippen molar-refractivity contribution in [3.63, 3.8) is 0 Å². The summed E-state index contributed by atoms with van der Waals surface area (Å²) in [5.41, 5.74) is -2.66. The molecule has 0 bridgehead atoms. The number of ether oxygens (including phenoxy) is 1. The SMILES string of the molecule is COc1cccc(-c2ccc3c(n2)C(O)C(C(=O)c2ccco2)=C(C(F)(F)F)NC3=O)c1. The molecule has 2 aromatic heterocycles. The van der Waals surface area contributed by atoms with E-state index in [1.807, 2.05) is 0 Å². The van der Waals surface area contributed by atoms with Crippen molar-refractivity contribution < 1.29 is 37.0 Å². The second-order valence-electron chi connectivity index (χ2n) is 6.81. The maximum Gasteiger partial charge on any atom is 0.431 e. The number of hydrogen-bond donors (Lipinski definition) is 2. The Hall–Kier alpha value is -3.92. The van der Waals surface area contributed by atoms with E-state index in [1.54, 1.807) is 29.6 Å². The first-order valence-corrected chi connectivity index (χ1v) is 9.25. The van der Waals surface area contributed by atoms with Crippen LogP contribution in [-0.2, 0) is 0 Å². The van der Waals surface area contributed by atoms with E-state index in [0.717, 1.165) is 12.3 Å². The number of furan rings is 1. The van der Waals surface area contributed by atoms with Gasteiger partial charge in [-0.15, -0.1) is 0 Å². The van der Waals surface area contributed by atoms with E-state index >= 15 is 0 Å². The van der Waals surface area contributed by atoms with E-state index in [2.05, 4.69) is 4.98 Å². The number of nitrogens with zero attached hydrogens (tertiary/aromatic N) is 1. The molecule has 3 heterocycles. The minimum Gasteiger partial charge on any atom is -0.497 e. The first kappa shape index (κ1) is 21.3. The number of rotatable bonds is 4. The number of fused-ring (bicyclic) bond motifs is 1. The van der Waals surface area contributed by atoms with Gasteiger partial charge in [-0.1, -0.05) is 12.1 Å². The van der Waals surface area contributed by atoms with Crippen LogP contribution in [0.1, 0.15) is 32.7 Å². The molecule has 2 N–H and O–H groups in total. The van der Waals surface area contributed by atoms with Crippen molar-refractivity contribution in [1.82, 2.24) is 10.3 Å². The van der Waals surface area contributed by atoms with Crippen molar-refractivity contribution in [3.8, 4) is 17.0 Å². The summed E-state index contributed by atoms with van der Waals surface area (Å²) in [4.78, 5) is 29.6. The number of alkyl halides is 3. The van der Waals surface area contributed by atoms with E-state index in [1.165, 1.54) is 25.3 Å². The van der Waals surface area contributed by atoms with Crippen molar-refractivity contribution in [2.24, 2.45) is 0 Å². The molecule has 7 nitrogen and oxygen atoms in total. The van der Waals surface area contributed by atoms with Crippen LogP contribution in [0.4, 0.5) is 13.2 Å². The highest BCUT2D eigenvalue weighted by Crippen LogP contribution is 2.38. The number of benzene rings is 1. The molecular weight excluding hydrogens is 429 g/mol. The summed E-state index contributed by atoms with van der Waals surface area (Å²) in [6, 6.07) is 11.8. The number of hydrogen-bond acceptors (Lipinski definition) is 6. The molecule has 0 spiro atoms. The van der Waals surface area contributed by atoms with E-state index in [0.29, 0.717) is 11.3 Å². The number of ketones is 1. The van der Waals surface area contributed by atoms with E-state index < -0.39 is 46.7 Å². The second-order valence-corrected chi connectivity index (χ2v) is 6.81. The average Bonchev–Trinajstić information content (AvgIpc) is 3.29. The molecule has 1 aliphatic rings. The molecule has 10 heteroatoms. The zero-order valence-electron chi connectivity index (χ0n) is 16.4. The molecule has 1 aliphatic heterocycles. The summed E-state index contributed by atoms with van der Waals surface area (Å²) < 4.78 is 51.4. The fourth-order valence-electron chi connectivity index (χ4n) is 3.34. The molecule has 1 atom stereocenters. The lowest BCUT2D eigenvalue weighted by Crippen LogP contribution is -2.33. The number of aliphatic hydroxyl groups excluding tert-OH is 1. The Bertz CT molecular complexity index is 1230. The van der Waals surface area contributed by atoms with Gasteiger partial charge in [0.1, 0.15) is 17.6 Å². The predicted molar refractivity (Wildman–Crippen MR) is 105 cm³/mol. The number of halogens is 3. The Balaban J connectivity index is 1.90. The molecule has 0 aliphatic carbocycles. The Labute approximate surface area is 179 Å². The highest BCUT2D eigenvalue weighted by molar-refractivity contribution is 6.10. The average molecular weight is 444 g/mol. The van der Waals surface area contributed by atoms with Gasteiger partial charge in [0, 0.05) is 5.56 Å². The van der Waals surface area contributed by atoms with Crippen LogP contribution >= 0.6 is 0 Å². The van der Waals surface area contributed by atoms with Crippen molar-refractivity contribution >= 4 is 11.7 Å². The maximum absolute atomic E-state index is 13.8. The molecule has 0 saturated heterocycles. The summed E-state index contributed by atoms with van der Waals surface area (Å²) in [5.74, 6) is -2.30. The van der Waals surface area contributed by atoms with E-state index in [9.17, 15) is 27.9 Å². The highest BCUT2D eigenvalue weighted by Gasteiger charge is 2.45. The number of allylic oxidation sites excluding steroid dienone is 1. The highest BCUT2D eigenvalue weighted by atomic mass is 19.4. The quantitative estimate of drug-likeness (QED) is 0.594. The lowest BCUT2D eigenvalue weighted by molar-refractivity contribution is -0.0973. The van der Waals surface area contributed by atoms with Crippen LogP contribution in [-0.4, -0.2) is 35.1 Å². The number of amides is 1. The summed E-state index contributed by atoms with van der Waals surface area (Å²) >= 11 is 0. The van der Waals surface area contributed by atoms with Crippen LogP contribution in [0.2, 0.25) is 0 Å². The van der Waals surface area contributed by atoms with Gasteiger partial charge in [0.25, 0.3) is 5.91 Å². The van der Waals surface area contributed by atoms with Gasteiger partial charge >= 0.3 is 6.18 Å². The summed E-state index contributed by atoms with van der Waals surface area (Å²) in [7, 11) is 1.47. The molecule has 0 saturated carbocycles. The van der Waals surface area contributed by atoms with Crippen LogP contribution in [0.25, 0.3) is 11.3 Å². The summed E-state index contributed by atoms with van der Waals surface area (Å²) in [6.07, 6.45) is -6.18.